The molecule has 0 saturated heterocycles. The van der Waals surface area contributed by atoms with E-state index in [-0.39, 0.29) is 0 Å². The Hall–Kier alpha value is -5.98. The number of rotatable bonds is 4. The van der Waals surface area contributed by atoms with Crippen molar-refractivity contribution in [1.82, 2.24) is 0 Å². The van der Waals surface area contributed by atoms with Crippen molar-refractivity contribution in [3.63, 3.8) is 0 Å². The summed E-state index contributed by atoms with van der Waals surface area (Å²) in [5.41, 5.74) is 9.86. The summed E-state index contributed by atoms with van der Waals surface area (Å²) in [5, 5.41) is 10.1. The van der Waals surface area contributed by atoms with Crippen molar-refractivity contribution in [3.8, 4) is 44.5 Å². The molecule has 0 atom stereocenters. The van der Waals surface area contributed by atoms with Crippen molar-refractivity contribution >= 4 is 43.1 Å². The summed E-state index contributed by atoms with van der Waals surface area (Å²) >= 11 is 0. The first kappa shape index (κ1) is 26.4. The van der Waals surface area contributed by atoms with Crippen molar-refractivity contribution in [2.75, 3.05) is 0 Å². The highest BCUT2D eigenvalue weighted by molar-refractivity contribution is 6.12. The largest absolute Gasteiger partial charge is 0.0622 e. The third-order valence-corrected chi connectivity index (χ3v) is 9.38. The molecule has 0 spiro atoms. The van der Waals surface area contributed by atoms with Crippen LogP contribution in [0, 0.1) is 0 Å². The molecule has 214 valence electrons. The third kappa shape index (κ3) is 4.64. The minimum atomic E-state index is 1.22. The van der Waals surface area contributed by atoms with E-state index >= 15 is 0 Å². The van der Waals surface area contributed by atoms with Gasteiger partial charge in [-0.15, -0.1) is 0 Å². The molecule has 0 aliphatic heterocycles. The molecule has 0 aliphatic carbocycles. The molecule has 0 radical (unpaired) electrons. The lowest BCUT2D eigenvalue weighted by Gasteiger charge is -2.16. The molecule has 0 amide bonds. The molecule has 0 nitrogen and oxygen atoms in total. The Labute approximate surface area is 268 Å². The van der Waals surface area contributed by atoms with E-state index in [9.17, 15) is 0 Å². The van der Waals surface area contributed by atoms with Crippen LogP contribution < -0.4 is 0 Å². The first-order valence-corrected chi connectivity index (χ1v) is 15.9. The Morgan fingerprint density at radius 2 is 0.609 bits per heavy atom. The zero-order chi connectivity index (χ0) is 30.5. The number of benzene rings is 9. The highest BCUT2D eigenvalue weighted by atomic mass is 14.2. The molecule has 0 fully saturated rings. The van der Waals surface area contributed by atoms with Gasteiger partial charge >= 0.3 is 0 Å². The molecule has 0 N–H and O–H groups in total. The van der Waals surface area contributed by atoms with Crippen molar-refractivity contribution < 1.29 is 0 Å². The van der Waals surface area contributed by atoms with E-state index in [0.29, 0.717) is 0 Å². The highest BCUT2D eigenvalue weighted by Crippen LogP contribution is 2.41. The van der Waals surface area contributed by atoms with E-state index in [1.54, 1.807) is 0 Å². The van der Waals surface area contributed by atoms with Crippen LogP contribution in [0.25, 0.3) is 87.6 Å². The van der Waals surface area contributed by atoms with Gasteiger partial charge in [0, 0.05) is 0 Å². The van der Waals surface area contributed by atoms with Crippen LogP contribution in [0.2, 0.25) is 0 Å². The zero-order valence-electron chi connectivity index (χ0n) is 25.3. The van der Waals surface area contributed by atoms with Crippen LogP contribution in [0.1, 0.15) is 0 Å². The van der Waals surface area contributed by atoms with Gasteiger partial charge < -0.3 is 0 Å². The Kier molecular flexibility index (Phi) is 6.25. The lowest BCUT2D eigenvalue weighted by Crippen LogP contribution is -1.90. The van der Waals surface area contributed by atoms with Gasteiger partial charge in [0.15, 0.2) is 0 Å². The van der Waals surface area contributed by atoms with Gasteiger partial charge in [0.05, 0.1) is 0 Å². The first-order valence-electron chi connectivity index (χ1n) is 15.9. The molecule has 0 bridgehead atoms. The van der Waals surface area contributed by atoms with Gasteiger partial charge in [-0.3, -0.25) is 0 Å². The summed E-state index contributed by atoms with van der Waals surface area (Å²) in [7, 11) is 0. The summed E-state index contributed by atoms with van der Waals surface area (Å²) in [6.45, 7) is 0. The summed E-state index contributed by atoms with van der Waals surface area (Å²) < 4.78 is 0. The summed E-state index contributed by atoms with van der Waals surface area (Å²) in [6, 6.07) is 66.7. The maximum absolute atomic E-state index is 2.40. The Morgan fingerprint density at radius 1 is 0.217 bits per heavy atom. The van der Waals surface area contributed by atoms with Gasteiger partial charge in [0.1, 0.15) is 0 Å². The lowest BCUT2D eigenvalue weighted by molar-refractivity contribution is 1.58. The molecule has 0 unspecified atom stereocenters. The summed E-state index contributed by atoms with van der Waals surface area (Å²) in [4.78, 5) is 0. The van der Waals surface area contributed by atoms with Crippen LogP contribution in [0.15, 0.2) is 182 Å². The predicted molar refractivity (Wildman–Crippen MR) is 198 cm³/mol. The van der Waals surface area contributed by atoms with Crippen LogP contribution >= 0.6 is 0 Å². The lowest BCUT2D eigenvalue weighted by atomic mass is 9.87. The van der Waals surface area contributed by atoms with Crippen LogP contribution in [-0.2, 0) is 0 Å². The van der Waals surface area contributed by atoms with Crippen molar-refractivity contribution in [2.45, 2.75) is 0 Å². The monoisotopic (exact) mass is 582 g/mol. The maximum atomic E-state index is 2.40. The molecule has 9 aromatic rings. The van der Waals surface area contributed by atoms with Gasteiger partial charge in [0.2, 0.25) is 0 Å². The van der Waals surface area contributed by atoms with E-state index in [1.165, 1.54) is 87.6 Å². The van der Waals surface area contributed by atoms with Gasteiger partial charge in [-0.05, 0) is 124 Å². The fraction of sp³-hybridized carbons (Fsp3) is 0. The van der Waals surface area contributed by atoms with E-state index in [1.807, 2.05) is 0 Å². The second-order valence-electron chi connectivity index (χ2n) is 12.2. The van der Waals surface area contributed by atoms with Crippen molar-refractivity contribution in [3.05, 3.63) is 182 Å². The maximum Gasteiger partial charge on any atom is -0.00266 e. The number of hydrogen-bond donors (Lipinski definition) is 0. The molecule has 0 heteroatoms. The predicted octanol–water partition coefficient (Wildman–Crippen LogP) is 13.0. The molecule has 0 aliphatic rings. The van der Waals surface area contributed by atoms with Crippen LogP contribution in [0.5, 0.6) is 0 Å². The smallest absolute Gasteiger partial charge is 0.00266 e. The molecule has 0 heterocycles. The quantitative estimate of drug-likeness (QED) is 0.181. The fourth-order valence-corrected chi connectivity index (χ4v) is 7.00. The Balaban J connectivity index is 1.25. The van der Waals surface area contributed by atoms with Gasteiger partial charge in [-0.2, -0.15) is 0 Å². The SMILES string of the molecule is c1ccc(-c2ccc(-c3ccc4cc5cc6cc7ccccc7cc6cc5cc4c3-c3ccc(-c4ccccc4)cc3)cc2)cc1. The van der Waals surface area contributed by atoms with Crippen molar-refractivity contribution in [1.29, 1.82) is 0 Å². The van der Waals surface area contributed by atoms with Crippen LogP contribution in [0.4, 0.5) is 0 Å². The summed E-state index contributed by atoms with van der Waals surface area (Å²) in [6.07, 6.45) is 0. The van der Waals surface area contributed by atoms with E-state index in [2.05, 4.69) is 182 Å². The molecule has 9 rings (SSSR count). The second-order valence-corrected chi connectivity index (χ2v) is 12.2. The standard InChI is InChI=1S/C46H30/c1-3-9-31(10-4-1)33-15-19-35(20-16-33)44-24-23-39-27-42-28-40-25-37-13-7-8-14-38(37)26-41(40)29-43(42)30-45(39)46(44)36-21-17-34(18-22-36)32-11-5-2-6-12-32/h1-30H. The topological polar surface area (TPSA) is 0 Å². The van der Waals surface area contributed by atoms with Gasteiger partial charge in [0.25, 0.3) is 0 Å². The average Bonchev–Trinajstić information content (AvgIpc) is 3.13. The molecular formula is C46H30. The molecule has 0 saturated carbocycles. The third-order valence-electron chi connectivity index (χ3n) is 9.38. The molecule has 0 aromatic heterocycles. The zero-order valence-corrected chi connectivity index (χ0v) is 25.3. The fourth-order valence-electron chi connectivity index (χ4n) is 7.00. The van der Waals surface area contributed by atoms with Crippen LogP contribution in [0.3, 0.4) is 0 Å². The summed E-state index contributed by atoms with van der Waals surface area (Å²) in [5.74, 6) is 0. The average molecular weight is 583 g/mol. The molecular weight excluding hydrogens is 553 g/mol. The minimum Gasteiger partial charge on any atom is -0.0622 e. The number of fused-ring (bicyclic) bond motifs is 4. The minimum absolute atomic E-state index is 1.22. The van der Waals surface area contributed by atoms with E-state index in [0.717, 1.165) is 0 Å². The first-order chi connectivity index (χ1) is 22.8. The van der Waals surface area contributed by atoms with E-state index < -0.39 is 0 Å². The number of hydrogen-bond acceptors (Lipinski definition) is 0. The van der Waals surface area contributed by atoms with Crippen LogP contribution in [-0.4, -0.2) is 0 Å². The molecule has 46 heavy (non-hydrogen) atoms. The van der Waals surface area contributed by atoms with Gasteiger partial charge in [-0.25, -0.2) is 0 Å². The highest BCUT2D eigenvalue weighted by Gasteiger charge is 2.14. The normalized spacial score (nSPS) is 11.5. The van der Waals surface area contributed by atoms with Crippen molar-refractivity contribution in [2.24, 2.45) is 0 Å². The molecule has 9 aromatic carbocycles. The van der Waals surface area contributed by atoms with Gasteiger partial charge in [-0.1, -0.05) is 146 Å². The Morgan fingerprint density at radius 3 is 1.15 bits per heavy atom. The van der Waals surface area contributed by atoms with E-state index in [4.69, 9.17) is 0 Å². The Bertz CT molecular complexity index is 2520. The second kappa shape index (κ2) is 10.9.